The molecule has 0 bridgehead atoms. The van der Waals surface area contributed by atoms with Crippen LogP contribution in [0.15, 0.2) is 0 Å². The third-order valence-electron chi connectivity index (χ3n) is 3.01. The highest BCUT2D eigenvalue weighted by molar-refractivity contribution is 7.13. The van der Waals surface area contributed by atoms with Crippen LogP contribution in [0, 0.1) is 12.8 Å². The third kappa shape index (κ3) is 3.91. The quantitative estimate of drug-likeness (QED) is 0.752. The fourth-order valence-electron chi connectivity index (χ4n) is 1.93. The smallest absolute Gasteiger partial charge is 0.347 e. The highest BCUT2D eigenvalue weighted by atomic mass is 32.1. The molecule has 0 radical (unpaired) electrons. The molecular weight excluding hydrogens is 282 g/mol. The summed E-state index contributed by atoms with van der Waals surface area (Å²) in [4.78, 5) is 26.8. The summed E-state index contributed by atoms with van der Waals surface area (Å²) in [7, 11) is 0. The second-order valence-corrected chi connectivity index (χ2v) is 5.70. The van der Waals surface area contributed by atoms with Gasteiger partial charge in [0.2, 0.25) is 0 Å². The number of ether oxygens (including phenoxy) is 1. The zero-order valence-corrected chi connectivity index (χ0v) is 12.0. The van der Waals surface area contributed by atoms with Crippen LogP contribution >= 0.6 is 11.3 Å². The first-order valence-electron chi connectivity index (χ1n) is 6.35. The number of nitrogens with one attached hydrogen (secondary N) is 2. The molecule has 0 spiro atoms. The second-order valence-electron chi connectivity index (χ2n) is 4.62. The molecule has 1 atom stereocenters. The number of amides is 2. The van der Waals surface area contributed by atoms with E-state index in [2.05, 4.69) is 15.6 Å². The third-order valence-corrected chi connectivity index (χ3v) is 4.16. The van der Waals surface area contributed by atoms with Crippen LogP contribution in [0.4, 0.5) is 4.79 Å². The van der Waals surface area contributed by atoms with Gasteiger partial charge in [-0.3, -0.25) is 0 Å². The molecule has 0 aliphatic carbocycles. The normalized spacial score (nSPS) is 17.9. The van der Waals surface area contributed by atoms with Crippen LogP contribution in [0.1, 0.15) is 26.8 Å². The summed E-state index contributed by atoms with van der Waals surface area (Å²) in [5.74, 6) is -0.613. The van der Waals surface area contributed by atoms with Gasteiger partial charge in [0, 0.05) is 19.1 Å². The SMILES string of the molecule is Cc1nc(CNC(=O)NCC2CCOC2)sc1C(=O)O. The number of urea groups is 1. The zero-order valence-electron chi connectivity index (χ0n) is 11.1. The van der Waals surface area contributed by atoms with Gasteiger partial charge in [0.15, 0.2) is 0 Å². The molecule has 1 aromatic rings. The first-order valence-corrected chi connectivity index (χ1v) is 7.17. The first-order chi connectivity index (χ1) is 9.56. The Bertz CT molecular complexity index is 497. The van der Waals surface area contributed by atoms with Crippen LogP contribution < -0.4 is 10.6 Å². The average molecular weight is 299 g/mol. The van der Waals surface area contributed by atoms with E-state index in [1.807, 2.05) is 0 Å². The Morgan fingerprint density at radius 2 is 2.30 bits per heavy atom. The molecule has 0 aromatic carbocycles. The highest BCUT2D eigenvalue weighted by Crippen LogP contribution is 2.17. The van der Waals surface area contributed by atoms with Crippen LogP contribution in [0.25, 0.3) is 0 Å². The lowest BCUT2D eigenvalue weighted by Crippen LogP contribution is -2.38. The fraction of sp³-hybridized carbons (Fsp3) is 0.583. The number of hydrogen-bond acceptors (Lipinski definition) is 5. The Morgan fingerprint density at radius 3 is 2.90 bits per heavy atom. The molecule has 1 aliphatic rings. The van der Waals surface area contributed by atoms with Crippen LogP contribution in [-0.2, 0) is 11.3 Å². The van der Waals surface area contributed by atoms with E-state index in [0.717, 1.165) is 24.4 Å². The number of aryl methyl sites for hydroxylation is 1. The topological polar surface area (TPSA) is 101 Å². The van der Waals surface area contributed by atoms with E-state index in [0.29, 0.717) is 29.8 Å². The molecule has 8 heteroatoms. The molecular formula is C12H17N3O4S. The Kier molecular flexibility index (Phi) is 4.91. The Morgan fingerprint density at radius 1 is 1.50 bits per heavy atom. The molecule has 7 nitrogen and oxygen atoms in total. The summed E-state index contributed by atoms with van der Waals surface area (Å²) >= 11 is 1.08. The van der Waals surface area contributed by atoms with Crippen molar-refractivity contribution in [3.05, 3.63) is 15.6 Å². The maximum atomic E-state index is 11.6. The molecule has 2 heterocycles. The van der Waals surface area contributed by atoms with Crippen LogP contribution in [0.2, 0.25) is 0 Å². The summed E-state index contributed by atoms with van der Waals surface area (Å²) in [6.45, 7) is 3.90. The summed E-state index contributed by atoms with van der Waals surface area (Å²) in [5.41, 5.74) is 0.475. The number of hydrogen-bond donors (Lipinski definition) is 3. The van der Waals surface area contributed by atoms with Crippen molar-refractivity contribution in [1.29, 1.82) is 0 Å². The van der Waals surface area contributed by atoms with Crippen molar-refractivity contribution in [2.45, 2.75) is 19.9 Å². The number of carboxylic acid groups (broad SMARTS) is 1. The maximum Gasteiger partial charge on any atom is 0.347 e. The minimum absolute atomic E-state index is 0.213. The molecule has 1 saturated heterocycles. The van der Waals surface area contributed by atoms with Crippen molar-refractivity contribution in [3.63, 3.8) is 0 Å². The molecule has 110 valence electrons. The van der Waals surface area contributed by atoms with Gasteiger partial charge in [-0.2, -0.15) is 0 Å². The number of carboxylic acids is 1. The minimum atomic E-state index is -0.989. The summed E-state index contributed by atoms with van der Waals surface area (Å²) in [5, 5.41) is 14.9. The van der Waals surface area contributed by atoms with Gasteiger partial charge >= 0.3 is 12.0 Å². The predicted molar refractivity (Wildman–Crippen MR) is 73.0 cm³/mol. The second kappa shape index (κ2) is 6.67. The number of carbonyl (C=O) groups is 2. The molecule has 2 rings (SSSR count). The summed E-state index contributed by atoms with van der Waals surface area (Å²) < 4.78 is 5.22. The van der Waals surface area contributed by atoms with Crippen molar-refractivity contribution in [2.24, 2.45) is 5.92 Å². The largest absolute Gasteiger partial charge is 0.477 e. The Balaban J connectivity index is 1.75. The standard InChI is InChI=1S/C12H17N3O4S/c1-7-10(11(16)17)20-9(15-7)5-14-12(18)13-4-8-2-3-19-6-8/h8H,2-6H2,1H3,(H,16,17)(H2,13,14,18). The number of aromatic nitrogens is 1. The van der Waals surface area contributed by atoms with E-state index < -0.39 is 5.97 Å². The van der Waals surface area contributed by atoms with E-state index in [4.69, 9.17) is 9.84 Å². The Hall–Kier alpha value is -1.67. The number of carbonyl (C=O) groups excluding carboxylic acids is 1. The van der Waals surface area contributed by atoms with E-state index in [-0.39, 0.29) is 17.5 Å². The fourth-order valence-corrected chi connectivity index (χ4v) is 2.77. The molecule has 1 aromatic heterocycles. The first kappa shape index (κ1) is 14.7. The van der Waals surface area contributed by atoms with Gasteiger partial charge in [0.25, 0.3) is 0 Å². The monoisotopic (exact) mass is 299 g/mol. The van der Waals surface area contributed by atoms with Gasteiger partial charge in [0.1, 0.15) is 9.88 Å². The van der Waals surface area contributed by atoms with Crippen molar-refractivity contribution in [2.75, 3.05) is 19.8 Å². The molecule has 1 aliphatic heterocycles. The highest BCUT2D eigenvalue weighted by Gasteiger charge is 2.17. The molecule has 0 saturated carbocycles. The van der Waals surface area contributed by atoms with Crippen molar-refractivity contribution in [1.82, 2.24) is 15.6 Å². The lowest BCUT2D eigenvalue weighted by molar-refractivity contribution is 0.0701. The van der Waals surface area contributed by atoms with Gasteiger partial charge in [-0.25, -0.2) is 14.6 Å². The minimum Gasteiger partial charge on any atom is -0.477 e. The lowest BCUT2D eigenvalue weighted by Gasteiger charge is -2.09. The predicted octanol–water partition coefficient (Wildman–Crippen LogP) is 0.985. The Labute approximate surface area is 120 Å². The maximum absolute atomic E-state index is 11.6. The van der Waals surface area contributed by atoms with Gasteiger partial charge in [0.05, 0.1) is 18.8 Å². The van der Waals surface area contributed by atoms with Gasteiger partial charge < -0.3 is 20.5 Å². The van der Waals surface area contributed by atoms with Crippen molar-refractivity contribution < 1.29 is 19.4 Å². The molecule has 1 unspecified atom stereocenters. The lowest BCUT2D eigenvalue weighted by atomic mass is 10.1. The van der Waals surface area contributed by atoms with Gasteiger partial charge in [-0.1, -0.05) is 0 Å². The summed E-state index contributed by atoms with van der Waals surface area (Å²) in [6.07, 6.45) is 0.966. The zero-order chi connectivity index (χ0) is 14.5. The number of rotatable bonds is 5. The molecule has 3 N–H and O–H groups in total. The van der Waals surface area contributed by atoms with Crippen LogP contribution in [-0.4, -0.2) is 41.8 Å². The van der Waals surface area contributed by atoms with E-state index in [1.54, 1.807) is 6.92 Å². The van der Waals surface area contributed by atoms with Gasteiger partial charge in [-0.05, 0) is 13.3 Å². The van der Waals surface area contributed by atoms with E-state index in [9.17, 15) is 9.59 Å². The number of aromatic carboxylic acids is 1. The van der Waals surface area contributed by atoms with Gasteiger partial charge in [-0.15, -0.1) is 11.3 Å². The van der Waals surface area contributed by atoms with Crippen LogP contribution in [0.5, 0.6) is 0 Å². The molecule has 2 amide bonds. The van der Waals surface area contributed by atoms with Crippen molar-refractivity contribution in [3.8, 4) is 0 Å². The van der Waals surface area contributed by atoms with E-state index in [1.165, 1.54) is 0 Å². The number of nitrogens with zero attached hydrogens (tertiary/aromatic N) is 1. The molecule has 1 fully saturated rings. The number of thiazole rings is 1. The summed E-state index contributed by atoms with van der Waals surface area (Å²) in [6, 6.07) is -0.276. The average Bonchev–Trinajstić information content (AvgIpc) is 3.03. The van der Waals surface area contributed by atoms with Crippen LogP contribution in [0.3, 0.4) is 0 Å². The van der Waals surface area contributed by atoms with E-state index >= 15 is 0 Å². The molecule has 20 heavy (non-hydrogen) atoms. The van der Waals surface area contributed by atoms with Crippen molar-refractivity contribution >= 4 is 23.3 Å².